The van der Waals surface area contributed by atoms with Crippen molar-refractivity contribution >= 4 is 23.2 Å². The minimum atomic E-state index is 0.178. The highest BCUT2D eigenvalue weighted by atomic mass is 32.2. The molecule has 5 heteroatoms. The van der Waals surface area contributed by atoms with E-state index in [1.165, 1.54) is 22.9 Å². The van der Waals surface area contributed by atoms with Crippen LogP contribution in [0.3, 0.4) is 0 Å². The maximum absolute atomic E-state index is 12.5. The second kappa shape index (κ2) is 6.08. The number of benzene rings is 1. The Morgan fingerprint density at radius 3 is 2.87 bits per heavy atom. The monoisotopic (exact) mass is 323 g/mol. The predicted molar refractivity (Wildman–Crippen MR) is 91.5 cm³/mol. The van der Waals surface area contributed by atoms with Crippen molar-refractivity contribution in [1.82, 2.24) is 14.3 Å². The molecule has 0 saturated heterocycles. The number of imidazole rings is 1. The van der Waals surface area contributed by atoms with Crippen LogP contribution in [-0.2, 0) is 17.8 Å². The standard InChI is InChI=1S/C18H17N3OS/c22-17(20-10-8-14-5-1-2-6-15(14)12-20)13-23-18-19-11-16-7-3-4-9-21(16)18/h1-7,9,11H,8,10,12-13H2. The maximum atomic E-state index is 12.5. The average molecular weight is 323 g/mol. The van der Waals surface area contributed by atoms with Crippen LogP contribution in [-0.4, -0.2) is 32.5 Å². The Labute approximate surface area is 139 Å². The molecule has 4 nitrogen and oxygen atoms in total. The van der Waals surface area contributed by atoms with Crippen LogP contribution in [0.2, 0.25) is 0 Å². The zero-order valence-electron chi connectivity index (χ0n) is 12.7. The summed E-state index contributed by atoms with van der Waals surface area (Å²) >= 11 is 1.50. The molecule has 0 N–H and O–H groups in total. The SMILES string of the molecule is O=C(CSc1ncc2ccccn12)N1CCc2ccccc2C1. The quantitative estimate of drug-likeness (QED) is 0.695. The van der Waals surface area contributed by atoms with Crippen LogP contribution in [0.5, 0.6) is 0 Å². The topological polar surface area (TPSA) is 37.6 Å². The number of aromatic nitrogens is 2. The fraction of sp³-hybridized carbons (Fsp3) is 0.222. The number of rotatable bonds is 3. The summed E-state index contributed by atoms with van der Waals surface area (Å²) in [4.78, 5) is 18.9. The minimum Gasteiger partial charge on any atom is -0.337 e. The van der Waals surface area contributed by atoms with E-state index in [1.807, 2.05) is 46.0 Å². The summed E-state index contributed by atoms with van der Waals surface area (Å²) in [7, 11) is 0. The van der Waals surface area contributed by atoms with E-state index < -0.39 is 0 Å². The van der Waals surface area contributed by atoms with Gasteiger partial charge in [-0.3, -0.25) is 9.20 Å². The first-order valence-electron chi connectivity index (χ1n) is 7.71. The maximum Gasteiger partial charge on any atom is 0.233 e. The van der Waals surface area contributed by atoms with Crippen molar-refractivity contribution in [2.24, 2.45) is 0 Å². The molecule has 1 aliphatic rings. The van der Waals surface area contributed by atoms with Gasteiger partial charge < -0.3 is 4.90 Å². The van der Waals surface area contributed by atoms with E-state index in [0.717, 1.165) is 30.2 Å². The number of hydrogen-bond acceptors (Lipinski definition) is 3. The Kier molecular flexibility index (Phi) is 3.79. The summed E-state index contributed by atoms with van der Waals surface area (Å²) in [6.07, 6.45) is 4.76. The van der Waals surface area contributed by atoms with Crippen molar-refractivity contribution in [3.8, 4) is 0 Å². The summed E-state index contributed by atoms with van der Waals surface area (Å²) in [6.45, 7) is 1.52. The van der Waals surface area contributed by atoms with Gasteiger partial charge in [-0.05, 0) is 29.7 Å². The Morgan fingerprint density at radius 2 is 1.96 bits per heavy atom. The minimum absolute atomic E-state index is 0.178. The van der Waals surface area contributed by atoms with E-state index in [2.05, 4.69) is 23.2 Å². The van der Waals surface area contributed by atoms with Crippen molar-refractivity contribution in [2.75, 3.05) is 12.3 Å². The molecule has 3 aromatic rings. The number of carbonyl (C=O) groups is 1. The number of hydrogen-bond donors (Lipinski definition) is 0. The van der Waals surface area contributed by atoms with E-state index in [0.29, 0.717) is 5.75 Å². The Morgan fingerprint density at radius 1 is 1.13 bits per heavy atom. The number of pyridine rings is 1. The van der Waals surface area contributed by atoms with Gasteiger partial charge in [0.2, 0.25) is 5.91 Å². The van der Waals surface area contributed by atoms with Crippen LogP contribution in [0.4, 0.5) is 0 Å². The second-order valence-electron chi connectivity index (χ2n) is 5.66. The molecule has 2 aromatic heterocycles. The molecule has 23 heavy (non-hydrogen) atoms. The second-order valence-corrected chi connectivity index (χ2v) is 6.60. The molecule has 0 radical (unpaired) electrons. The largest absolute Gasteiger partial charge is 0.337 e. The molecule has 0 atom stereocenters. The third kappa shape index (κ3) is 2.84. The first kappa shape index (κ1) is 14.3. The Bertz CT molecular complexity index is 858. The normalized spacial score (nSPS) is 14.0. The molecule has 1 aromatic carbocycles. The van der Waals surface area contributed by atoms with Crippen molar-refractivity contribution in [2.45, 2.75) is 18.1 Å². The predicted octanol–water partition coefficient (Wildman–Crippen LogP) is 3.01. The molecule has 1 aliphatic heterocycles. The summed E-state index contributed by atoms with van der Waals surface area (Å²) in [5.41, 5.74) is 3.68. The van der Waals surface area contributed by atoms with Gasteiger partial charge in [-0.15, -0.1) is 0 Å². The molecule has 0 bridgehead atoms. The van der Waals surface area contributed by atoms with Crippen LogP contribution in [0.25, 0.3) is 5.52 Å². The van der Waals surface area contributed by atoms with Gasteiger partial charge >= 0.3 is 0 Å². The van der Waals surface area contributed by atoms with E-state index in [9.17, 15) is 4.79 Å². The highest BCUT2D eigenvalue weighted by Gasteiger charge is 2.20. The van der Waals surface area contributed by atoms with Crippen LogP contribution in [0, 0.1) is 0 Å². The molecule has 0 saturated carbocycles. The first-order valence-corrected chi connectivity index (χ1v) is 8.69. The molecule has 0 fully saturated rings. The zero-order valence-corrected chi connectivity index (χ0v) is 13.5. The van der Waals surface area contributed by atoms with Gasteiger partial charge in [0.25, 0.3) is 0 Å². The van der Waals surface area contributed by atoms with Crippen LogP contribution in [0.15, 0.2) is 60.0 Å². The summed E-state index contributed by atoms with van der Waals surface area (Å²) in [5, 5.41) is 0.867. The molecule has 0 aliphatic carbocycles. The summed E-state index contributed by atoms with van der Waals surface area (Å²) < 4.78 is 2.02. The summed E-state index contributed by atoms with van der Waals surface area (Å²) in [6, 6.07) is 14.4. The number of carbonyl (C=O) groups excluding carboxylic acids is 1. The molecule has 1 amide bonds. The van der Waals surface area contributed by atoms with Crippen molar-refractivity contribution in [3.05, 3.63) is 66.0 Å². The molecular weight excluding hydrogens is 306 g/mol. The Hall–Kier alpha value is -2.27. The highest BCUT2D eigenvalue weighted by molar-refractivity contribution is 7.99. The van der Waals surface area contributed by atoms with E-state index >= 15 is 0 Å². The van der Waals surface area contributed by atoms with Crippen molar-refractivity contribution in [3.63, 3.8) is 0 Å². The number of nitrogens with zero attached hydrogens (tertiary/aromatic N) is 3. The number of fused-ring (bicyclic) bond motifs is 2. The van der Waals surface area contributed by atoms with Gasteiger partial charge in [0, 0.05) is 19.3 Å². The molecule has 116 valence electrons. The van der Waals surface area contributed by atoms with Crippen LogP contribution < -0.4 is 0 Å². The first-order chi connectivity index (χ1) is 11.3. The van der Waals surface area contributed by atoms with E-state index in [1.54, 1.807) is 0 Å². The highest BCUT2D eigenvalue weighted by Crippen LogP contribution is 2.22. The van der Waals surface area contributed by atoms with Gasteiger partial charge in [0.15, 0.2) is 5.16 Å². The third-order valence-electron chi connectivity index (χ3n) is 4.21. The lowest BCUT2D eigenvalue weighted by molar-refractivity contribution is -0.129. The molecule has 0 unspecified atom stereocenters. The van der Waals surface area contributed by atoms with Gasteiger partial charge in [0.05, 0.1) is 17.5 Å². The van der Waals surface area contributed by atoms with Crippen molar-refractivity contribution in [1.29, 1.82) is 0 Å². The molecule has 4 rings (SSSR count). The van der Waals surface area contributed by atoms with Gasteiger partial charge in [-0.25, -0.2) is 4.98 Å². The van der Waals surface area contributed by atoms with Crippen LogP contribution in [0.1, 0.15) is 11.1 Å². The zero-order chi connectivity index (χ0) is 15.6. The average Bonchev–Trinajstić information content (AvgIpc) is 3.02. The van der Waals surface area contributed by atoms with Gasteiger partial charge in [-0.2, -0.15) is 0 Å². The van der Waals surface area contributed by atoms with E-state index in [-0.39, 0.29) is 5.91 Å². The lowest BCUT2D eigenvalue weighted by Gasteiger charge is -2.28. The number of thioether (sulfide) groups is 1. The van der Waals surface area contributed by atoms with Gasteiger partial charge in [0.1, 0.15) is 0 Å². The number of amides is 1. The molecular formula is C18H17N3OS. The van der Waals surface area contributed by atoms with Crippen molar-refractivity contribution < 1.29 is 4.79 Å². The van der Waals surface area contributed by atoms with Gasteiger partial charge in [-0.1, -0.05) is 42.1 Å². The summed E-state index contributed by atoms with van der Waals surface area (Å²) in [5.74, 6) is 0.605. The fourth-order valence-electron chi connectivity index (χ4n) is 2.95. The third-order valence-corrected chi connectivity index (χ3v) is 5.16. The molecule has 3 heterocycles. The lowest BCUT2D eigenvalue weighted by atomic mass is 10.00. The fourth-order valence-corrected chi connectivity index (χ4v) is 3.82. The Balaban J connectivity index is 1.43. The lowest BCUT2D eigenvalue weighted by Crippen LogP contribution is -2.37. The van der Waals surface area contributed by atoms with Crippen LogP contribution >= 0.6 is 11.8 Å². The smallest absolute Gasteiger partial charge is 0.233 e. The molecule has 0 spiro atoms. The van der Waals surface area contributed by atoms with E-state index in [4.69, 9.17) is 0 Å².